The smallest absolute Gasteiger partial charge is 0.123 e. The largest absolute Gasteiger partial charge is 0.392 e. The summed E-state index contributed by atoms with van der Waals surface area (Å²) >= 11 is 3.44. The van der Waals surface area contributed by atoms with Gasteiger partial charge >= 0.3 is 0 Å². The van der Waals surface area contributed by atoms with Gasteiger partial charge in [-0.15, -0.1) is 0 Å². The maximum Gasteiger partial charge on any atom is 0.123 e. The molecule has 18 heavy (non-hydrogen) atoms. The maximum absolute atomic E-state index is 13.2. The Balaban J connectivity index is 1.72. The average molecular weight is 313 g/mol. The van der Waals surface area contributed by atoms with Crippen LogP contribution in [0.3, 0.4) is 0 Å². The highest BCUT2D eigenvalue weighted by atomic mass is 79.9. The van der Waals surface area contributed by atoms with Crippen molar-refractivity contribution in [2.45, 2.75) is 38.2 Å². The number of halogens is 2. The second-order valence-corrected chi connectivity index (χ2v) is 6.61. The summed E-state index contributed by atoms with van der Waals surface area (Å²) in [5.74, 6) is 1.66. The molecule has 2 aliphatic carbocycles. The van der Waals surface area contributed by atoms with Gasteiger partial charge in [0.15, 0.2) is 0 Å². The molecule has 98 valence electrons. The first-order valence-corrected chi connectivity index (χ1v) is 7.56. The summed E-state index contributed by atoms with van der Waals surface area (Å²) < 4.78 is 14.1. The van der Waals surface area contributed by atoms with Gasteiger partial charge in [-0.3, -0.25) is 0 Å². The molecule has 0 aromatic heterocycles. The van der Waals surface area contributed by atoms with E-state index < -0.39 is 0 Å². The molecule has 0 amide bonds. The fourth-order valence-corrected chi connectivity index (χ4v) is 3.45. The van der Waals surface area contributed by atoms with Gasteiger partial charge in [-0.05, 0) is 73.6 Å². The van der Waals surface area contributed by atoms with Crippen LogP contribution < -0.4 is 0 Å². The first kappa shape index (κ1) is 12.6. The van der Waals surface area contributed by atoms with E-state index in [1.54, 1.807) is 6.07 Å². The molecule has 0 aliphatic heterocycles. The molecule has 3 rings (SSSR count). The van der Waals surface area contributed by atoms with Crippen LogP contribution in [0.4, 0.5) is 4.39 Å². The van der Waals surface area contributed by atoms with Gasteiger partial charge in [-0.2, -0.15) is 0 Å². The van der Waals surface area contributed by atoms with E-state index in [1.807, 2.05) is 0 Å². The van der Waals surface area contributed by atoms with Gasteiger partial charge < -0.3 is 5.11 Å². The topological polar surface area (TPSA) is 20.2 Å². The molecule has 2 aliphatic rings. The minimum atomic E-state index is -0.317. The summed E-state index contributed by atoms with van der Waals surface area (Å²) in [6, 6.07) is 4.70. The molecule has 1 N–H and O–H groups in total. The van der Waals surface area contributed by atoms with Crippen molar-refractivity contribution in [3.63, 3.8) is 0 Å². The number of hydrogen-bond donors (Lipinski definition) is 1. The van der Waals surface area contributed by atoms with Crippen molar-refractivity contribution in [1.82, 2.24) is 0 Å². The Morgan fingerprint density at radius 1 is 1.22 bits per heavy atom. The summed E-state index contributed by atoms with van der Waals surface area (Å²) in [6.07, 6.45) is 5.31. The molecule has 0 saturated heterocycles. The zero-order valence-corrected chi connectivity index (χ0v) is 11.9. The summed E-state index contributed by atoms with van der Waals surface area (Å²) in [7, 11) is 0. The van der Waals surface area contributed by atoms with E-state index in [-0.39, 0.29) is 11.9 Å². The van der Waals surface area contributed by atoms with Gasteiger partial charge in [0, 0.05) is 4.47 Å². The second-order valence-electron chi connectivity index (χ2n) is 5.76. The molecule has 0 radical (unpaired) electrons. The normalized spacial score (nSPS) is 21.3. The lowest BCUT2D eigenvalue weighted by Gasteiger charge is -2.23. The van der Waals surface area contributed by atoms with Crippen molar-refractivity contribution in [2.24, 2.45) is 17.8 Å². The van der Waals surface area contributed by atoms with Gasteiger partial charge in [-0.1, -0.05) is 15.9 Å². The third-order valence-corrected chi connectivity index (χ3v) is 4.99. The van der Waals surface area contributed by atoms with Crippen LogP contribution in [0.15, 0.2) is 22.7 Å². The van der Waals surface area contributed by atoms with E-state index in [9.17, 15) is 9.50 Å². The summed E-state index contributed by atoms with van der Waals surface area (Å²) in [5, 5.41) is 10.5. The predicted molar refractivity (Wildman–Crippen MR) is 72.7 cm³/mol. The van der Waals surface area contributed by atoms with Crippen molar-refractivity contribution in [2.75, 3.05) is 0 Å². The quantitative estimate of drug-likeness (QED) is 0.873. The summed E-state index contributed by atoms with van der Waals surface area (Å²) in [4.78, 5) is 0. The lowest BCUT2D eigenvalue weighted by Crippen LogP contribution is -2.26. The highest BCUT2D eigenvalue weighted by Crippen LogP contribution is 2.51. The zero-order chi connectivity index (χ0) is 12.7. The number of benzene rings is 1. The molecule has 1 atom stereocenters. The SMILES string of the molecule is OC(Cc1cc(F)ccc1Br)C(C1CC1)C1CC1. The van der Waals surface area contributed by atoms with Crippen LogP contribution >= 0.6 is 15.9 Å². The van der Waals surface area contributed by atoms with E-state index in [0.717, 1.165) is 21.9 Å². The van der Waals surface area contributed by atoms with Crippen LogP contribution in [-0.2, 0) is 6.42 Å². The lowest BCUT2D eigenvalue weighted by molar-refractivity contribution is 0.0823. The standard InChI is InChI=1S/C15H18BrFO/c16-13-6-5-12(17)7-11(13)8-14(18)15(9-1-2-9)10-3-4-10/h5-7,9-10,14-15,18H,1-4,8H2. The number of aliphatic hydroxyl groups excluding tert-OH is 1. The third-order valence-electron chi connectivity index (χ3n) is 4.21. The minimum Gasteiger partial charge on any atom is -0.392 e. The van der Waals surface area contributed by atoms with Gasteiger partial charge in [-0.25, -0.2) is 4.39 Å². The Labute approximate surface area is 116 Å². The van der Waals surface area contributed by atoms with Crippen molar-refractivity contribution >= 4 is 15.9 Å². The highest BCUT2D eigenvalue weighted by Gasteiger charge is 2.44. The van der Waals surface area contributed by atoms with Crippen LogP contribution in [0.1, 0.15) is 31.2 Å². The van der Waals surface area contributed by atoms with Crippen LogP contribution in [-0.4, -0.2) is 11.2 Å². The van der Waals surface area contributed by atoms with Crippen LogP contribution in [0.2, 0.25) is 0 Å². The number of rotatable bonds is 5. The summed E-state index contributed by atoms with van der Waals surface area (Å²) in [6.45, 7) is 0. The van der Waals surface area contributed by atoms with Crippen molar-refractivity contribution in [1.29, 1.82) is 0 Å². The fourth-order valence-electron chi connectivity index (χ4n) is 3.04. The first-order valence-electron chi connectivity index (χ1n) is 6.77. The van der Waals surface area contributed by atoms with Crippen molar-refractivity contribution < 1.29 is 9.50 Å². The zero-order valence-electron chi connectivity index (χ0n) is 10.3. The third kappa shape index (κ3) is 2.77. The van der Waals surface area contributed by atoms with E-state index in [1.165, 1.54) is 37.8 Å². The molecular weight excluding hydrogens is 295 g/mol. The lowest BCUT2D eigenvalue weighted by atomic mass is 9.88. The monoisotopic (exact) mass is 312 g/mol. The number of aliphatic hydroxyl groups is 1. The van der Waals surface area contributed by atoms with Crippen LogP contribution in [0.5, 0.6) is 0 Å². The molecule has 1 aromatic rings. The molecule has 2 fully saturated rings. The molecule has 1 aromatic carbocycles. The van der Waals surface area contributed by atoms with E-state index in [2.05, 4.69) is 15.9 Å². The molecule has 1 unspecified atom stereocenters. The van der Waals surface area contributed by atoms with Crippen molar-refractivity contribution in [3.8, 4) is 0 Å². The van der Waals surface area contributed by atoms with Gasteiger partial charge in [0.05, 0.1) is 6.10 Å². The summed E-state index contributed by atoms with van der Waals surface area (Å²) in [5.41, 5.74) is 0.883. The van der Waals surface area contributed by atoms with Gasteiger partial charge in [0.1, 0.15) is 5.82 Å². The minimum absolute atomic E-state index is 0.227. The Morgan fingerprint density at radius 3 is 2.39 bits per heavy atom. The first-order chi connectivity index (χ1) is 8.65. The van der Waals surface area contributed by atoms with Crippen molar-refractivity contribution in [3.05, 3.63) is 34.1 Å². The Kier molecular flexibility index (Phi) is 3.46. The Hall–Kier alpha value is -0.410. The maximum atomic E-state index is 13.2. The van der Waals surface area contributed by atoms with E-state index in [0.29, 0.717) is 12.3 Å². The fraction of sp³-hybridized carbons (Fsp3) is 0.600. The van der Waals surface area contributed by atoms with Crippen LogP contribution in [0.25, 0.3) is 0 Å². The average Bonchev–Trinajstić information content (AvgIpc) is 3.17. The second kappa shape index (κ2) is 4.93. The van der Waals surface area contributed by atoms with Gasteiger partial charge in [0.2, 0.25) is 0 Å². The molecule has 0 spiro atoms. The number of hydrogen-bond acceptors (Lipinski definition) is 1. The molecule has 3 heteroatoms. The molecular formula is C15H18BrFO. The molecule has 0 heterocycles. The highest BCUT2D eigenvalue weighted by molar-refractivity contribution is 9.10. The molecule has 0 bridgehead atoms. The molecule has 1 nitrogen and oxygen atoms in total. The van der Waals surface area contributed by atoms with E-state index >= 15 is 0 Å². The Bertz CT molecular complexity index is 428. The molecule has 2 saturated carbocycles. The predicted octanol–water partition coefficient (Wildman–Crippen LogP) is 3.93. The van der Waals surface area contributed by atoms with Gasteiger partial charge in [0.25, 0.3) is 0 Å². The van der Waals surface area contributed by atoms with E-state index in [4.69, 9.17) is 0 Å². The Morgan fingerprint density at radius 2 is 1.83 bits per heavy atom. The van der Waals surface area contributed by atoms with Crippen LogP contribution in [0, 0.1) is 23.6 Å².